The fourth-order valence-corrected chi connectivity index (χ4v) is 1.50. The first kappa shape index (κ1) is 4.99. The van der Waals surface area contributed by atoms with Gasteiger partial charge in [-0.15, -0.1) is 0 Å². The molecule has 1 aromatic heterocycles. The fraction of sp³-hybridized carbons (Fsp3) is 0.167. The third-order valence-electron chi connectivity index (χ3n) is 1.31. The molecule has 46 valence electrons. The summed E-state index contributed by atoms with van der Waals surface area (Å²) >= 11 is 1.51. The molecule has 1 aliphatic heterocycles. The quantitative estimate of drug-likeness (QED) is 0.589. The molecule has 0 atom stereocenters. The lowest BCUT2D eigenvalue weighted by atomic mass is 10.2. The largest absolute Gasteiger partial charge is 0.352 e. The summed E-state index contributed by atoms with van der Waals surface area (Å²) in [6.45, 7) is 0. The summed E-state index contributed by atoms with van der Waals surface area (Å²) in [5.74, 6) is 0. The topological polar surface area (TPSA) is 24.9 Å². The van der Waals surface area contributed by atoms with E-state index in [2.05, 4.69) is 15.8 Å². The Kier molecular flexibility index (Phi) is 1.02. The lowest BCUT2D eigenvalue weighted by molar-refractivity contribution is 1.24. The average molecular weight is 138 g/mol. The van der Waals surface area contributed by atoms with Gasteiger partial charge in [-0.25, -0.2) is 0 Å². The number of nitrogens with zero attached hydrogens (tertiary/aromatic N) is 1. The van der Waals surface area contributed by atoms with Crippen LogP contribution in [0.25, 0.3) is 0 Å². The number of hydrogen-bond acceptors (Lipinski definition) is 3. The number of rotatable bonds is 0. The molecule has 3 heteroatoms. The number of fused-ring (bicyclic) bond motifs is 1. The molecule has 1 N–H and O–H groups in total. The summed E-state index contributed by atoms with van der Waals surface area (Å²) in [5, 5.41) is 4.31. The fourth-order valence-electron chi connectivity index (χ4n) is 0.845. The minimum atomic E-state index is 1.03. The van der Waals surface area contributed by atoms with Crippen molar-refractivity contribution in [2.24, 2.45) is 0 Å². The van der Waals surface area contributed by atoms with Crippen LogP contribution in [-0.4, -0.2) is 4.37 Å². The van der Waals surface area contributed by atoms with Crippen molar-refractivity contribution in [2.45, 2.75) is 6.42 Å². The summed E-state index contributed by atoms with van der Waals surface area (Å²) < 4.78 is 4.04. The molecule has 0 amide bonds. The zero-order valence-electron chi connectivity index (χ0n) is 4.79. The van der Waals surface area contributed by atoms with Crippen molar-refractivity contribution in [2.75, 3.05) is 5.32 Å². The van der Waals surface area contributed by atoms with Crippen molar-refractivity contribution in [1.29, 1.82) is 0 Å². The second-order valence-corrected chi connectivity index (χ2v) is 2.73. The maximum atomic E-state index is 4.04. The van der Waals surface area contributed by atoms with Crippen LogP contribution in [0.3, 0.4) is 0 Å². The smallest absolute Gasteiger partial charge is 0.116 e. The monoisotopic (exact) mass is 138 g/mol. The Morgan fingerprint density at radius 3 is 3.56 bits per heavy atom. The second kappa shape index (κ2) is 1.84. The van der Waals surface area contributed by atoms with Gasteiger partial charge in [0.2, 0.25) is 0 Å². The van der Waals surface area contributed by atoms with Gasteiger partial charge in [0, 0.05) is 11.8 Å². The van der Waals surface area contributed by atoms with E-state index >= 15 is 0 Å². The van der Waals surface area contributed by atoms with Crippen molar-refractivity contribution in [3.05, 3.63) is 24.0 Å². The summed E-state index contributed by atoms with van der Waals surface area (Å²) in [5.41, 5.74) is 1.31. The van der Waals surface area contributed by atoms with E-state index in [1.165, 1.54) is 22.1 Å². The van der Waals surface area contributed by atoms with Crippen molar-refractivity contribution in [1.82, 2.24) is 4.37 Å². The Balaban J connectivity index is 2.46. The predicted octanol–water partition coefficient (Wildman–Crippen LogP) is 1.62. The SMILES string of the molecule is C1=CNc2sncc2C1. The van der Waals surface area contributed by atoms with Crippen LogP contribution in [0.2, 0.25) is 0 Å². The minimum Gasteiger partial charge on any atom is -0.352 e. The highest BCUT2D eigenvalue weighted by Gasteiger charge is 2.04. The first-order valence-electron chi connectivity index (χ1n) is 2.82. The van der Waals surface area contributed by atoms with Crippen molar-refractivity contribution in [3.8, 4) is 0 Å². The number of anilines is 1. The van der Waals surface area contributed by atoms with Gasteiger partial charge in [0.15, 0.2) is 0 Å². The van der Waals surface area contributed by atoms with E-state index in [-0.39, 0.29) is 0 Å². The van der Waals surface area contributed by atoms with Crippen LogP contribution in [0, 0.1) is 0 Å². The lowest BCUT2D eigenvalue weighted by Crippen LogP contribution is -1.94. The molecular weight excluding hydrogens is 132 g/mol. The van der Waals surface area contributed by atoms with E-state index in [1.54, 1.807) is 0 Å². The van der Waals surface area contributed by atoms with Gasteiger partial charge in [0.05, 0.1) is 0 Å². The molecule has 1 aromatic rings. The lowest BCUT2D eigenvalue weighted by Gasteiger charge is -2.03. The molecule has 0 radical (unpaired) electrons. The molecule has 0 fully saturated rings. The van der Waals surface area contributed by atoms with Crippen LogP contribution in [0.1, 0.15) is 5.56 Å². The highest BCUT2D eigenvalue weighted by Crippen LogP contribution is 2.23. The molecule has 0 bridgehead atoms. The third kappa shape index (κ3) is 0.733. The molecule has 0 saturated carbocycles. The molecule has 0 spiro atoms. The van der Waals surface area contributed by atoms with Crippen LogP contribution < -0.4 is 5.32 Å². The first-order valence-corrected chi connectivity index (χ1v) is 3.59. The molecule has 2 rings (SSSR count). The molecule has 0 aliphatic carbocycles. The third-order valence-corrected chi connectivity index (χ3v) is 2.09. The van der Waals surface area contributed by atoms with Gasteiger partial charge < -0.3 is 5.32 Å². The Labute approximate surface area is 57.4 Å². The van der Waals surface area contributed by atoms with E-state index < -0.39 is 0 Å². The van der Waals surface area contributed by atoms with E-state index in [0.717, 1.165) is 6.42 Å². The summed E-state index contributed by atoms with van der Waals surface area (Å²) in [6.07, 6.45) is 6.99. The van der Waals surface area contributed by atoms with E-state index in [1.807, 2.05) is 12.4 Å². The van der Waals surface area contributed by atoms with Crippen LogP contribution in [0.5, 0.6) is 0 Å². The molecular formula is C6H6N2S. The van der Waals surface area contributed by atoms with E-state index in [0.29, 0.717) is 0 Å². The minimum absolute atomic E-state index is 1.03. The maximum absolute atomic E-state index is 4.04. The van der Waals surface area contributed by atoms with E-state index in [4.69, 9.17) is 0 Å². The molecule has 1 aliphatic rings. The Morgan fingerprint density at radius 2 is 2.67 bits per heavy atom. The normalized spacial score (nSPS) is 14.7. The van der Waals surface area contributed by atoms with Gasteiger partial charge in [-0.05, 0) is 24.2 Å². The van der Waals surface area contributed by atoms with Gasteiger partial charge in [-0.1, -0.05) is 6.08 Å². The Hall–Kier alpha value is -0.830. The molecule has 0 aromatic carbocycles. The average Bonchev–Trinajstić information content (AvgIpc) is 2.33. The number of nitrogens with one attached hydrogen (secondary N) is 1. The van der Waals surface area contributed by atoms with Crippen LogP contribution in [-0.2, 0) is 6.42 Å². The van der Waals surface area contributed by atoms with Crippen LogP contribution >= 0.6 is 11.5 Å². The van der Waals surface area contributed by atoms with E-state index in [9.17, 15) is 0 Å². The number of aromatic nitrogens is 1. The molecule has 2 heterocycles. The zero-order chi connectivity index (χ0) is 6.10. The molecule has 0 saturated heterocycles. The van der Waals surface area contributed by atoms with Gasteiger partial charge in [0.25, 0.3) is 0 Å². The van der Waals surface area contributed by atoms with Crippen LogP contribution in [0.15, 0.2) is 18.5 Å². The summed E-state index contributed by atoms with van der Waals surface area (Å²) in [4.78, 5) is 0. The zero-order valence-corrected chi connectivity index (χ0v) is 5.61. The first-order chi connectivity index (χ1) is 4.47. The predicted molar refractivity (Wildman–Crippen MR) is 38.6 cm³/mol. The molecule has 0 unspecified atom stereocenters. The van der Waals surface area contributed by atoms with Gasteiger partial charge in [-0.2, -0.15) is 4.37 Å². The van der Waals surface area contributed by atoms with Crippen LogP contribution in [0.4, 0.5) is 5.00 Å². The van der Waals surface area contributed by atoms with Crippen molar-refractivity contribution in [3.63, 3.8) is 0 Å². The maximum Gasteiger partial charge on any atom is 0.116 e. The standard InChI is InChI=1S/C6H6N2S/c1-2-5-4-8-9-6(5)7-3-1/h1,3-4,7H,2H2. The van der Waals surface area contributed by atoms with Crippen molar-refractivity contribution < 1.29 is 0 Å². The van der Waals surface area contributed by atoms with Gasteiger partial charge in [0.1, 0.15) is 5.00 Å². The highest BCUT2D eigenvalue weighted by atomic mass is 32.1. The summed E-state index contributed by atoms with van der Waals surface area (Å²) in [6, 6.07) is 0. The highest BCUT2D eigenvalue weighted by molar-refractivity contribution is 7.10. The molecule has 2 nitrogen and oxygen atoms in total. The second-order valence-electron chi connectivity index (χ2n) is 1.93. The molecule has 9 heavy (non-hydrogen) atoms. The van der Waals surface area contributed by atoms with Gasteiger partial charge in [-0.3, -0.25) is 0 Å². The van der Waals surface area contributed by atoms with Gasteiger partial charge >= 0.3 is 0 Å². The number of allylic oxidation sites excluding steroid dienone is 1. The number of hydrogen-bond donors (Lipinski definition) is 1. The Bertz CT molecular complexity index is 216. The summed E-state index contributed by atoms with van der Waals surface area (Å²) in [7, 11) is 0. The van der Waals surface area contributed by atoms with Crippen molar-refractivity contribution >= 4 is 16.5 Å². The Morgan fingerprint density at radius 1 is 1.67 bits per heavy atom.